The predicted octanol–water partition coefficient (Wildman–Crippen LogP) is 3.05. The molecule has 0 unspecified atom stereocenters. The molecule has 6 heteroatoms. The highest BCUT2D eigenvalue weighted by Crippen LogP contribution is 2.32. The largest absolute Gasteiger partial charge is 0.307 e. The Morgan fingerprint density at radius 1 is 1.15 bits per heavy atom. The van der Waals surface area contributed by atoms with Crippen molar-refractivity contribution in [1.29, 1.82) is 0 Å². The Hall–Kier alpha value is -2.34. The minimum absolute atomic E-state index is 0.0144. The molecular weight excluding hydrogens is 348 g/mol. The van der Waals surface area contributed by atoms with E-state index in [0.717, 1.165) is 35.1 Å². The molecule has 2 aromatic rings. The molecule has 0 N–H and O–H groups in total. The van der Waals surface area contributed by atoms with Gasteiger partial charge >= 0.3 is 0 Å². The van der Waals surface area contributed by atoms with E-state index in [0.29, 0.717) is 5.69 Å². The summed E-state index contributed by atoms with van der Waals surface area (Å²) in [5, 5.41) is 0. The summed E-state index contributed by atoms with van der Waals surface area (Å²) >= 11 is 0. The van der Waals surface area contributed by atoms with Crippen molar-refractivity contribution in [1.82, 2.24) is 0 Å². The number of para-hydroxylation sites is 1. The number of fused-ring (bicyclic) bond motifs is 1. The number of amides is 1. The maximum Gasteiger partial charge on any atom is 0.248 e. The number of anilines is 2. The van der Waals surface area contributed by atoms with E-state index < -0.39 is 10.0 Å². The number of sulfonamides is 1. The van der Waals surface area contributed by atoms with E-state index in [4.69, 9.17) is 0 Å². The second-order valence-corrected chi connectivity index (χ2v) is 8.97. The Balaban J connectivity index is 1.94. The monoisotopic (exact) mass is 372 g/mol. The lowest BCUT2D eigenvalue weighted by Crippen LogP contribution is -2.45. The SMILES string of the molecule is Cc1cc(C)cc(N(CC(=O)N2c3ccccc3C[C@@H]2C)S(C)(=O)=O)c1. The molecule has 1 atom stereocenters. The van der Waals surface area contributed by atoms with Crippen molar-refractivity contribution in [2.24, 2.45) is 0 Å². The normalized spacial score (nSPS) is 16.5. The third-order valence-corrected chi connectivity index (χ3v) is 5.79. The standard InChI is InChI=1S/C20H24N2O3S/c1-14-9-15(2)11-18(10-14)21(26(4,24)25)13-20(23)22-16(3)12-17-7-5-6-8-19(17)22/h5-11,16H,12-13H2,1-4H3/t16-/m0/s1. The lowest BCUT2D eigenvalue weighted by Gasteiger charge is -2.28. The summed E-state index contributed by atoms with van der Waals surface area (Å²) in [6.07, 6.45) is 1.92. The Labute approximate surface area is 155 Å². The zero-order valence-electron chi connectivity index (χ0n) is 15.6. The van der Waals surface area contributed by atoms with Crippen molar-refractivity contribution in [3.8, 4) is 0 Å². The summed E-state index contributed by atoms with van der Waals surface area (Å²) in [7, 11) is -3.59. The topological polar surface area (TPSA) is 57.7 Å². The van der Waals surface area contributed by atoms with Crippen molar-refractivity contribution < 1.29 is 13.2 Å². The first kappa shape index (κ1) is 18.5. The van der Waals surface area contributed by atoms with Gasteiger partial charge in [0.1, 0.15) is 6.54 Å². The number of benzene rings is 2. The first-order valence-corrected chi connectivity index (χ1v) is 10.5. The number of hydrogen-bond donors (Lipinski definition) is 0. The molecule has 0 spiro atoms. The van der Waals surface area contributed by atoms with Crippen LogP contribution >= 0.6 is 0 Å². The van der Waals surface area contributed by atoms with Gasteiger partial charge in [-0.3, -0.25) is 9.10 Å². The van der Waals surface area contributed by atoms with Gasteiger partial charge in [0.15, 0.2) is 0 Å². The van der Waals surface area contributed by atoms with Gasteiger partial charge in [0.25, 0.3) is 0 Å². The van der Waals surface area contributed by atoms with Gasteiger partial charge in [-0.2, -0.15) is 0 Å². The summed E-state index contributed by atoms with van der Waals surface area (Å²) < 4.78 is 26.0. The third-order valence-electron chi connectivity index (χ3n) is 4.65. The molecule has 0 bridgehead atoms. The number of carbonyl (C=O) groups is 1. The van der Waals surface area contributed by atoms with Crippen LogP contribution in [0.25, 0.3) is 0 Å². The molecule has 2 aromatic carbocycles. The first-order valence-electron chi connectivity index (χ1n) is 8.63. The maximum absolute atomic E-state index is 13.0. The fraction of sp³-hybridized carbons (Fsp3) is 0.350. The van der Waals surface area contributed by atoms with Gasteiger partial charge in [0, 0.05) is 11.7 Å². The fourth-order valence-electron chi connectivity index (χ4n) is 3.64. The second-order valence-electron chi connectivity index (χ2n) is 7.06. The average molecular weight is 372 g/mol. The molecule has 0 aromatic heterocycles. The number of rotatable bonds is 4. The van der Waals surface area contributed by atoms with Gasteiger partial charge in [0.05, 0.1) is 11.9 Å². The molecule has 0 saturated carbocycles. The molecule has 0 saturated heterocycles. The minimum atomic E-state index is -3.59. The molecule has 0 fully saturated rings. The molecule has 1 amide bonds. The Kier molecular flexibility index (Phi) is 4.80. The van der Waals surface area contributed by atoms with Gasteiger partial charge in [-0.25, -0.2) is 8.42 Å². The Bertz CT molecular complexity index is 933. The average Bonchev–Trinajstić information content (AvgIpc) is 2.86. The van der Waals surface area contributed by atoms with E-state index in [9.17, 15) is 13.2 Å². The summed E-state index contributed by atoms with van der Waals surface area (Å²) in [6, 6.07) is 13.4. The van der Waals surface area contributed by atoms with E-state index in [-0.39, 0.29) is 18.5 Å². The maximum atomic E-state index is 13.0. The number of hydrogen-bond acceptors (Lipinski definition) is 3. The van der Waals surface area contributed by atoms with Crippen molar-refractivity contribution >= 4 is 27.3 Å². The summed E-state index contributed by atoms with van der Waals surface area (Å²) in [5.74, 6) is -0.216. The van der Waals surface area contributed by atoms with E-state index in [1.807, 2.05) is 51.1 Å². The molecule has 0 radical (unpaired) electrons. The molecule has 5 nitrogen and oxygen atoms in total. The predicted molar refractivity (Wildman–Crippen MR) is 105 cm³/mol. The van der Waals surface area contributed by atoms with Crippen LogP contribution in [-0.4, -0.2) is 33.2 Å². The molecule has 3 rings (SSSR count). The van der Waals surface area contributed by atoms with Gasteiger partial charge in [-0.05, 0) is 62.1 Å². The van der Waals surface area contributed by atoms with Crippen LogP contribution in [0, 0.1) is 13.8 Å². The van der Waals surface area contributed by atoms with Crippen LogP contribution in [0.3, 0.4) is 0 Å². The van der Waals surface area contributed by atoms with Crippen LogP contribution in [0.5, 0.6) is 0 Å². The van der Waals surface area contributed by atoms with Gasteiger partial charge in [-0.15, -0.1) is 0 Å². The smallest absolute Gasteiger partial charge is 0.248 e. The zero-order valence-corrected chi connectivity index (χ0v) is 16.4. The van der Waals surface area contributed by atoms with Crippen LogP contribution in [0.1, 0.15) is 23.6 Å². The van der Waals surface area contributed by atoms with Crippen LogP contribution in [0.4, 0.5) is 11.4 Å². The van der Waals surface area contributed by atoms with E-state index in [1.54, 1.807) is 17.0 Å². The fourth-order valence-corrected chi connectivity index (χ4v) is 4.47. The lowest BCUT2D eigenvalue weighted by molar-refractivity contribution is -0.117. The van der Waals surface area contributed by atoms with Crippen molar-refractivity contribution in [3.63, 3.8) is 0 Å². The van der Waals surface area contributed by atoms with E-state index in [2.05, 4.69) is 0 Å². The summed E-state index contributed by atoms with van der Waals surface area (Å²) in [6.45, 7) is 5.61. The quantitative estimate of drug-likeness (QED) is 0.829. The van der Waals surface area contributed by atoms with Gasteiger partial charge < -0.3 is 4.90 Å². The highest BCUT2D eigenvalue weighted by atomic mass is 32.2. The number of carbonyl (C=O) groups excluding carboxylic acids is 1. The van der Waals surface area contributed by atoms with Crippen LogP contribution < -0.4 is 9.21 Å². The molecule has 1 aliphatic rings. The van der Waals surface area contributed by atoms with Crippen LogP contribution in [-0.2, 0) is 21.2 Å². The Morgan fingerprint density at radius 2 is 1.77 bits per heavy atom. The van der Waals surface area contributed by atoms with E-state index in [1.165, 1.54) is 4.31 Å². The molecule has 0 aliphatic carbocycles. The first-order chi connectivity index (χ1) is 12.2. The molecule has 1 aliphatic heterocycles. The van der Waals surface area contributed by atoms with E-state index >= 15 is 0 Å². The van der Waals surface area contributed by atoms with Gasteiger partial charge in [-0.1, -0.05) is 24.3 Å². The van der Waals surface area contributed by atoms with Gasteiger partial charge in [0.2, 0.25) is 15.9 Å². The highest BCUT2D eigenvalue weighted by Gasteiger charge is 2.33. The molecular formula is C20H24N2O3S. The lowest BCUT2D eigenvalue weighted by atomic mass is 10.1. The minimum Gasteiger partial charge on any atom is -0.307 e. The molecule has 138 valence electrons. The van der Waals surface area contributed by atoms with Crippen molar-refractivity contribution in [2.45, 2.75) is 33.2 Å². The zero-order chi connectivity index (χ0) is 19.1. The number of nitrogens with zero attached hydrogens (tertiary/aromatic N) is 2. The van der Waals surface area contributed by atoms with Crippen LogP contribution in [0.2, 0.25) is 0 Å². The highest BCUT2D eigenvalue weighted by molar-refractivity contribution is 7.92. The summed E-state index contributed by atoms with van der Waals surface area (Å²) in [4.78, 5) is 14.8. The van der Waals surface area contributed by atoms with Crippen LogP contribution in [0.15, 0.2) is 42.5 Å². The third kappa shape index (κ3) is 3.60. The second kappa shape index (κ2) is 6.76. The van der Waals surface area contributed by atoms with Crippen molar-refractivity contribution in [3.05, 3.63) is 59.2 Å². The molecule has 26 heavy (non-hydrogen) atoms. The number of aryl methyl sites for hydroxylation is 2. The molecule has 1 heterocycles. The summed E-state index contributed by atoms with van der Waals surface area (Å²) in [5.41, 5.74) is 4.44. The Morgan fingerprint density at radius 3 is 2.38 bits per heavy atom. The van der Waals surface area contributed by atoms with Crippen molar-refractivity contribution in [2.75, 3.05) is 22.0 Å².